The third kappa shape index (κ3) is 8.00. The van der Waals surface area contributed by atoms with E-state index in [1.54, 1.807) is 0 Å². The molecule has 64 heavy (non-hydrogen) atoms. The molecule has 0 saturated carbocycles. The Hall–Kier alpha value is -8.60. The van der Waals surface area contributed by atoms with Gasteiger partial charge in [-0.25, -0.2) is 19.9 Å². The summed E-state index contributed by atoms with van der Waals surface area (Å²) in [6, 6.07) is 84.5. The number of fused-ring (bicyclic) bond motifs is 1. The molecule has 0 saturated heterocycles. The summed E-state index contributed by atoms with van der Waals surface area (Å²) >= 11 is 0. The molecule has 4 heteroatoms. The molecule has 300 valence electrons. The first kappa shape index (κ1) is 38.3. The van der Waals surface area contributed by atoms with Gasteiger partial charge in [0.25, 0.3) is 0 Å². The van der Waals surface area contributed by atoms with E-state index in [2.05, 4.69) is 218 Å². The van der Waals surface area contributed by atoms with E-state index in [4.69, 9.17) is 19.9 Å². The lowest BCUT2D eigenvalue weighted by Gasteiger charge is -2.13. The van der Waals surface area contributed by atoms with E-state index in [9.17, 15) is 0 Å². The minimum absolute atomic E-state index is 0.650. The molecule has 3 aromatic heterocycles. The highest BCUT2D eigenvalue weighted by Crippen LogP contribution is 2.35. The van der Waals surface area contributed by atoms with Crippen molar-refractivity contribution >= 4 is 10.8 Å². The molecule has 11 rings (SSSR count). The second kappa shape index (κ2) is 17.0. The largest absolute Gasteiger partial charge is 0.248 e. The summed E-state index contributed by atoms with van der Waals surface area (Å²) in [6.45, 7) is 0. The summed E-state index contributed by atoms with van der Waals surface area (Å²) in [5, 5.41) is 2.35. The number of pyridine rings is 2. The first-order valence-corrected chi connectivity index (χ1v) is 21.5. The minimum atomic E-state index is 0.650. The smallest absolute Gasteiger partial charge is 0.160 e. The van der Waals surface area contributed by atoms with Gasteiger partial charge in [-0.05, 0) is 69.4 Å². The van der Waals surface area contributed by atoms with Crippen LogP contribution in [-0.4, -0.2) is 19.9 Å². The lowest BCUT2D eigenvalue weighted by molar-refractivity contribution is 1.18. The van der Waals surface area contributed by atoms with Crippen molar-refractivity contribution < 1.29 is 0 Å². The van der Waals surface area contributed by atoms with Gasteiger partial charge in [0.05, 0.1) is 34.2 Å². The highest BCUT2D eigenvalue weighted by Gasteiger charge is 2.15. The van der Waals surface area contributed by atoms with E-state index < -0.39 is 0 Å². The average molecular weight is 817 g/mol. The van der Waals surface area contributed by atoms with Crippen molar-refractivity contribution in [3.8, 4) is 101 Å². The van der Waals surface area contributed by atoms with Crippen molar-refractivity contribution in [1.29, 1.82) is 0 Å². The summed E-state index contributed by atoms with van der Waals surface area (Å²) in [5.74, 6) is 0.650. The van der Waals surface area contributed by atoms with Gasteiger partial charge in [-0.3, -0.25) is 0 Å². The molecule has 0 unspecified atom stereocenters. The fourth-order valence-corrected chi connectivity index (χ4v) is 8.29. The fourth-order valence-electron chi connectivity index (χ4n) is 8.29. The van der Waals surface area contributed by atoms with Crippen molar-refractivity contribution in [3.05, 3.63) is 243 Å². The monoisotopic (exact) mass is 816 g/mol. The molecule has 0 amide bonds. The number of benzene rings is 8. The quantitative estimate of drug-likeness (QED) is 0.146. The van der Waals surface area contributed by atoms with E-state index in [0.717, 1.165) is 101 Å². The van der Waals surface area contributed by atoms with Crippen LogP contribution < -0.4 is 0 Å². The highest BCUT2D eigenvalue weighted by atomic mass is 14.9. The summed E-state index contributed by atoms with van der Waals surface area (Å²) in [6.07, 6.45) is 0. The lowest BCUT2D eigenvalue weighted by atomic mass is 9.98. The zero-order valence-corrected chi connectivity index (χ0v) is 34.9. The Morgan fingerprint density at radius 3 is 0.922 bits per heavy atom. The maximum absolute atomic E-state index is 5.24. The molecule has 8 aromatic carbocycles. The number of aromatic nitrogens is 4. The van der Waals surface area contributed by atoms with Crippen molar-refractivity contribution in [2.24, 2.45) is 0 Å². The van der Waals surface area contributed by atoms with Crippen LogP contribution in [0.5, 0.6) is 0 Å². The van der Waals surface area contributed by atoms with Gasteiger partial charge < -0.3 is 0 Å². The third-order valence-electron chi connectivity index (χ3n) is 11.7. The molecule has 0 atom stereocenters. The van der Waals surface area contributed by atoms with E-state index in [0.29, 0.717) is 5.82 Å². The Balaban J connectivity index is 0.984. The van der Waals surface area contributed by atoms with Gasteiger partial charge in [0.1, 0.15) is 0 Å². The van der Waals surface area contributed by atoms with Crippen molar-refractivity contribution in [2.45, 2.75) is 0 Å². The molecule has 0 aliphatic carbocycles. The number of hydrogen-bond donors (Lipinski definition) is 0. The van der Waals surface area contributed by atoms with E-state index in [1.165, 1.54) is 5.39 Å². The summed E-state index contributed by atoms with van der Waals surface area (Å²) < 4.78 is 0. The van der Waals surface area contributed by atoms with E-state index in [1.807, 2.05) is 24.3 Å². The maximum atomic E-state index is 5.24. The second-order valence-electron chi connectivity index (χ2n) is 15.9. The Bertz CT molecular complexity index is 3080. The summed E-state index contributed by atoms with van der Waals surface area (Å²) in [7, 11) is 0. The van der Waals surface area contributed by atoms with E-state index in [-0.39, 0.29) is 0 Å². The van der Waals surface area contributed by atoms with Gasteiger partial charge in [-0.1, -0.05) is 206 Å². The van der Waals surface area contributed by atoms with Crippen LogP contribution in [0, 0.1) is 0 Å². The molecule has 0 fully saturated rings. The highest BCUT2D eigenvalue weighted by molar-refractivity contribution is 5.88. The summed E-state index contributed by atoms with van der Waals surface area (Å²) in [4.78, 5) is 20.8. The first-order chi connectivity index (χ1) is 31.7. The first-order valence-electron chi connectivity index (χ1n) is 21.5. The lowest BCUT2D eigenvalue weighted by Crippen LogP contribution is -1.97. The van der Waals surface area contributed by atoms with Crippen molar-refractivity contribution in [3.63, 3.8) is 0 Å². The van der Waals surface area contributed by atoms with Crippen molar-refractivity contribution in [2.75, 3.05) is 0 Å². The third-order valence-corrected chi connectivity index (χ3v) is 11.7. The molecule has 0 aliphatic rings. The molecule has 0 N–H and O–H groups in total. The van der Waals surface area contributed by atoms with Crippen LogP contribution in [-0.2, 0) is 0 Å². The Morgan fingerprint density at radius 1 is 0.172 bits per heavy atom. The standard InChI is InChI=1S/C60H40N4/c1-5-15-41(16-6-1)52-36-54(44-20-9-3-10-21-44)61-56(38-52)46-26-28-48(29-27-46)58-40-59(51-34-25-43-19-13-14-24-50(43)35-51)64-60(63-58)49-32-30-47(31-33-49)57-39-53(42-17-7-2-8-18-42)37-55(62-57)45-22-11-4-12-23-45/h1-40H. The topological polar surface area (TPSA) is 51.6 Å². The molecule has 3 heterocycles. The van der Waals surface area contributed by atoms with Crippen LogP contribution in [0.15, 0.2) is 243 Å². The Morgan fingerprint density at radius 2 is 0.484 bits per heavy atom. The minimum Gasteiger partial charge on any atom is -0.248 e. The molecule has 0 radical (unpaired) electrons. The molecule has 0 spiro atoms. The zero-order chi connectivity index (χ0) is 42.7. The molecular formula is C60H40N4. The van der Waals surface area contributed by atoms with Crippen LogP contribution in [0.2, 0.25) is 0 Å². The van der Waals surface area contributed by atoms with Gasteiger partial charge in [0, 0.05) is 38.9 Å². The average Bonchev–Trinajstić information content (AvgIpc) is 3.39. The van der Waals surface area contributed by atoms with Gasteiger partial charge >= 0.3 is 0 Å². The van der Waals surface area contributed by atoms with Crippen molar-refractivity contribution in [1.82, 2.24) is 19.9 Å². The van der Waals surface area contributed by atoms with Gasteiger partial charge in [-0.2, -0.15) is 0 Å². The Labute approximate surface area is 373 Å². The summed E-state index contributed by atoms with van der Waals surface area (Å²) in [5.41, 5.74) is 17.0. The zero-order valence-electron chi connectivity index (χ0n) is 34.9. The van der Waals surface area contributed by atoms with Gasteiger partial charge in [0.2, 0.25) is 0 Å². The van der Waals surface area contributed by atoms with Crippen LogP contribution in [0.3, 0.4) is 0 Å². The predicted octanol–water partition coefficient (Wildman–Crippen LogP) is 15.4. The molecular weight excluding hydrogens is 777 g/mol. The molecule has 0 aliphatic heterocycles. The predicted molar refractivity (Wildman–Crippen MR) is 264 cm³/mol. The SMILES string of the molecule is c1ccc(-c2cc(-c3ccccc3)nc(-c3ccc(-c4cc(-c5ccc6ccccc6c5)nc(-c5ccc(-c6cc(-c7ccccc7)cc(-c7ccccc7)n6)cc5)n4)cc3)c2)cc1. The number of rotatable bonds is 9. The van der Waals surface area contributed by atoms with Crippen LogP contribution in [0.1, 0.15) is 0 Å². The van der Waals surface area contributed by atoms with Crippen LogP contribution in [0.25, 0.3) is 112 Å². The van der Waals surface area contributed by atoms with Crippen LogP contribution >= 0.6 is 0 Å². The molecule has 11 aromatic rings. The molecule has 0 bridgehead atoms. The Kier molecular flexibility index (Phi) is 10.2. The van der Waals surface area contributed by atoms with Gasteiger partial charge in [-0.15, -0.1) is 0 Å². The number of nitrogens with zero attached hydrogens (tertiary/aromatic N) is 4. The van der Waals surface area contributed by atoms with Gasteiger partial charge in [0.15, 0.2) is 5.82 Å². The second-order valence-corrected chi connectivity index (χ2v) is 15.9. The fraction of sp³-hybridized carbons (Fsp3) is 0. The number of hydrogen-bond acceptors (Lipinski definition) is 4. The molecule has 4 nitrogen and oxygen atoms in total. The van der Waals surface area contributed by atoms with Crippen LogP contribution in [0.4, 0.5) is 0 Å². The normalized spacial score (nSPS) is 11.1. The van der Waals surface area contributed by atoms with E-state index >= 15 is 0 Å². The maximum Gasteiger partial charge on any atom is 0.160 e.